The first kappa shape index (κ1) is 16.2. The highest BCUT2D eigenvalue weighted by atomic mass is 32.1. The molecule has 7 rings (SSSR count). The summed E-state index contributed by atoms with van der Waals surface area (Å²) in [5, 5.41) is 15.4. The van der Waals surface area contributed by atoms with E-state index in [0.29, 0.717) is 0 Å². The maximum atomic E-state index is 4.99. The molecule has 0 unspecified atom stereocenters. The molecule has 27 heavy (non-hydrogen) atoms. The molecular formula is C22H26N4S. The molecule has 0 atom stereocenters. The van der Waals surface area contributed by atoms with Gasteiger partial charge in [0.05, 0.1) is 0 Å². The zero-order valence-electron chi connectivity index (χ0n) is 16.1. The normalized spacial score (nSPS) is 31.9. The number of aryl methyl sites for hydroxylation is 2. The Bertz CT molecular complexity index is 995. The number of nitrogens with zero attached hydrogens (tertiary/aromatic N) is 4. The van der Waals surface area contributed by atoms with Crippen LogP contribution in [0.1, 0.15) is 66.0 Å². The third kappa shape index (κ3) is 2.50. The molecule has 140 valence electrons. The summed E-state index contributed by atoms with van der Waals surface area (Å²) in [6.45, 7) is 4.35. The lowest BCUT2D eigenvalue weighted by Gasteiger charge is -2.55. The van der Waals surface area contributed by atoms with Gasteiger partial charge in [-0.05, 0) is 86.8 Å². The van der Waals surface area contributed by atoms with Gasteiger partial charge < -0.3 is 0 Å². The molecular weight excluding hydrogens is 352 g/mol. The Morgan fingerprint density at radius 2 is 1.70 bits per heavy atom. The van der Waals surface area contributed by atoms with Gasteiger partial charge in [-0.2, -0.15) is 9.61 Å². The molecule has 4 aliphatic rings. The van der Waals surface area contributed by atoms with Gasteiger partial charge in [-0.3, -0.25) is 0 Å². The van der Waals surface area contributed by atoms with Crippen LogP contribution in [0.25, 0.3) is 4.96 Å². The Labute approximate surface area is 164 Å². The lowest BCUT2D eigenvalue weighted by molar-refractivity contribution is -0.0103. The fraction of sp³-hybridized carbons (Fsp3) is 0.591. The SMILES string of the molecule is Cc1ccc(Cc2nn3c(C45CC6CC(CC(C6)C4)C5)nnc3s2)cc1C. The molecule has 0 saturated heterocycles. The van der Waals surface area contributed by atoms with E-state index in [9.17, 15) is 0 Å². The van der Waals surface area contributed by atoms with Crippen LogP contribution >= 0.6 is 11.3 Å². The van der Waals surface area contributed by atoms with Crippen molar-refractivity contribution in [1.82, 2.24) is 19.8 Å². The molecule has 4 aliphatic carbocycles. The fourth-order valence-electron chi connectivity index (χ4n) is 6.53. The Hall–Kier alpha value is -1.75. The van der Waals surface area contributed by atoms with Crippen LogP contribution in [0, 0.1) is 31.6 Å². The molecule has 4 saturated carbocycles. The Morgan fingerprint density at radius 3 is 2.37 bits per heavy atom. The first-order valence-electron chi connectivity index (χ1n) is 10.4. The summed E-state index contributed by atoms with van der Waals surface area (Å²) in [5.41, 5.74) is 4.28. The largest absolute Gasteiger partial charge is 0.234 e. The minimum atomic E-state index is 0.250. The van der Waals surface area contributed by atoms with Gasteiger partial charge in [-0.25, -0.2) is 0 Å². The van der Waals surface area contributed by atoms with E-state index in [1.165, 1.54) is 61.0 Å². The molecule has 1 aromatic carbocycles. The van der Waals surface area contributed by atoms with Crippen LogP contribution in [0.5, 0.6) is 0 Å². The van der Waals surface area contributed by atoms with Crippen molar-refractivity contribution in [3.8, 4) is 0 Å². The van der Waals surface area contributed by atoms with Crippen LogP contribution < -0.4 is 0 Å². The second-order valence-corrected chi connectivity index (χ2v) is 10.5. The minimum absolute atomic E-state index is 0.250. The second kappa shape index (κ2) is 5.63. The van der Waals surface area contributed by atoms with Gasteiger partial charge in [-0.15, -0.1) is 10.2 Å². The Morgan fingerprint density at radius 1 is 1.00 bits per heavy atom. The average Bonchev–Trinajstić information content (AvgIpc) is 3.17. The quantitative estimate of drug-likeness (QED) is 0.653. The summed E-state index contributed by atoms with van der Waals surface area (Å²) >= 11 is 1.71. The van der Waals surface area contributed by atoms with Crippen molar-refractivity contribution in [2.75, 3.05) is 0 Å². The molecule has 0 aliphatic heterocycles. The molecule has 0 radical (unpaired) electrons. The van der Waals surface area contributed by atoms with E-state index in [-0.39, 0.29) is 5.41 Å². The number of rotatable bonds is 3. The highest BCUT2D eigenvalue weighted by Gasteiger charge is 2.54. The van der Waals surface area contributed by atoms with Gasteiger partial charge in [0.25, 0.3) is 0 Å². The Balaban J connectivity index is 1.36. The van der Waals surface area contributed by atoms with Crippen molar-refractivity contribution in [2.24, 2.45) is 17.8 Å². The molecule has 2 aromatic heterocycles. The number of hydrogen-bond acceptors (Lipinski definition) is 4. The van der Waals surface area contributed by atoms with Gasteiger partial charge in [-0.1, -0.05) is 29.5 Å². The Kier molecular flexibility index (Phi) is 3.38. The topological polar surface area (TPSA) is 43.1 Å². The highest BCUT2D eigenvalue weighted by molar-refractivity contribution is 7.16. The number of benzene rings is 1. The van der Waals surface area contributed by atoms with Crippen LogP contribution in [0.2, 0.25) is 0 Å². The highest BCUT2D eigenvalue weighted by Crippen LogP contribution is 2.60. The molecule has 0 N–H and O–H groups in total. The lowest BCUT2D eigenvalue weighted by atomic mass is 9.49. The molecule has 0 amide bonds. The van der Waals surface area contributed by atoms with Crippen molar-refractivity contribution in [2.45, 2.75) is 64.2 Å². The molecule has 4 bridgehead atoms. The maximum absolute atomic E-state index is 4.99. The predicted octanol–water partition coefficient (Wildman–Crippen LogP) is 4.86. The van der Waals surface area contributed by atoms with E-state index in [1.807, 2.05) is 0 Å². The standard InChI is InChI=1S/C22H26N4S/c1-13-3-4-15(5-14(13)2)9-19-25-26-20(23-24-21(26)27-19)22-10-16-6-17(11-22)8-18(7-16)12-22/h3-5,16-18H,6-12H2,1-2H3. The van der Waals surface area contributed by atoms with E-state index in [0.717, 1.165) is 34.1 Å². The average molecular weight is 379 g/mol. The van der Waals surface area contributed by atoms with Gasteiger partial charge in [0.15, 0.2) is 5.82 Å². The zero-order valence-corrected chi connectivity index (χ0v) is 16.9. The smallest absolute Gasteiger partial charge is 0.187 e. The molecule has 2 heterocycles. The van der Waals surface area contributed by atoms with Crippen LogP contribution in [-0.4, -0.2) is 19.8 Å². The van der Waals surface area contributed by atoms with E-state index < -0.39 is 0 Å². The first-order valence-corrected chi connectivity index (χ1v) is 11.2. The van der Waals surface area contributed by atoms with E-state index in [2.05, 4.69) is 46.8 Å². The zero-order chi connectivity index (χ0) is 18.2. The van der Waals surface area contributed by atoms with Crippen LogP contribution in [-0.2, 0) is 11.8 Å². The summed E-state index contributed by atoms with van der Waals surface area (Å²) in [7, 11) is 0. The monoisotopic (exact) mass is 378 g/mol. The summed E-state index contributed by atoms with van der Waals surface area (Å²) in [5.74, 6) is 3.91. The molecule has 3 aromatic rings. The van der Waals surface area contributed by atoms with Crippen molar-refractivity contribution in [3.63, 3.8) is 0 Å². The van der Waals surface area contributed by atoms with Crippen LogP contribution in [0.15, 0.2) is 18.2 Å². The lowest BCUT2D eigenvalue weighted by Crippen LogP contribution is -2.49. The summed E-state index contributed by atoms with van der Waals surface area (Å²) in [6, 6.07) is 6.73. The third-order valence-corrected chi connectivity index (χ3v) is 8.37. The molecule has 4 nitrogen and oxygen atoms in total. The van der Waals surface area contributed by atoms with E-state index >= 15 is 0 Å². The molecule has 4 fully saturated rings. The van der Waals surface area contributed by atoms with Crippen molar-refractivity contribution in [3.05, 3.63) is 45.7 Å². The van der Waals surface area contributed by atoms with Crippen molar-refractivity contribution >= 4 is 16.3 Å². The maximum Gasteiger partial charge on any atom is 0.234 e. The molecule has 0 spiro atoms. The van der Waals surface area contributed by atoms with E-state index in [4.69, 9.17) is 5.10 Å². The van der Waals surface area contributed by atoms with Crippen LogP contribution in [0.3, 0.4) is 0 Å². The van der Waals surface area contributed by atoms with Gasteiger partial charge in [0.1, 0.15) is 5.01 Å². The van der Waals surface area contributed by atoms with Crippen molar-refractivity contribution in [1.29, 1.82) is 0 Å². The fourth-order valence-corrected chi connectivity index (χ4v) is 7.40. The predicted molar refractivity (Wildman–Crippen MR) is 107 cm³/mol. The van der Waals surface area contributed by atoms with E-state index in [1.54, 1.807) is 11.3 Å². The first-order chi connectivity index (χ1) is 13.1. The second-order valence-electron chi connectivity index (χ2n) is 9.51. The number of fused-ring (bicyclic) bond motifs is 1. The third-order valence-electron chi connectivity index (χ3n) is 7.47. The van der Waals surface area contributed by atoms with Gasteiger partial charge in [0, 0.05) is 11.8 Å². The van der Waals surface area contributed by atoms with Crippen LogP contribution in [0.4, 0.5) is 0 Å². The number of hydrogen-bond donors (Lipinski definition) is 0. The number of aromatic nitrogens is 4. The summed E-state index contributed by atoms with van der Waals surface area (Å²) in [4.78, 5) is 0.972. The summed E-state index contributed by atoms with van der Waals surface area (Å²) in [6.07, 6.45) is 9.18. The van der Waals surface area contributed by atoms with Gasteiger partial charge >= 0.3 is 0 Å². The van der Waals surface area contributed by atoms with Gasteiger partial charge in [0.2, 0.25) is 4.96 Å². The molecule has 5 heteroatoms. The summed E-state index contributed by atoms with van der Waals surface area (Å²) < 4.78 is 2.11. The van der Waals surface area contributed by atoms with Crippen molar-refractivity contribution < 1.29 is 0 Å². The minimum Gasteiger partial charge on any atom is -0.187 e.